The van der Waals surface area contributed by atoms with Gasteiger partial charge in [-0.15, -0.1) is 0 Å². The maximum absolute atomic E-state index is 13.3. The van der Waals surface area contributed by atoms with Crippen LogP contribution in [0.4, 0.5) is 10.1 Å². The van der Waals surface area contributed by atoms with Crippen molar-refractivity contribution in [3.8, 4) is 0 Å². The summed E-state index contributed by atoms with van der Waals surface area (Å²) >= 11 is 0. The van der Waals surface area contributed by atoms with Crippen molar-refractivity contribution in [2.45, 2.75) is 23.8 Å². The second-order valence-corrected chi connectivity index (χ2v) is 11.0. The van der Waals surface area contributed by atoms with Gasteiger partial charge in [-0.2, -0.15) is 4.31 Å². The SMILES string of the molecule is O=C(N[C@H](c1ccccc1)C1CC1)c1cccc(S(=O)(=O)N2CCN(c3ccc(F)cc3)CC2)c1. The van der Waals surface area contributed by atoms with Gasteiger partial charge in [-0.05, 0) is 66.8 Å². The van der Waals surface area contributed by atoms with E-state index >= 15 is 0 Å². The van der Waals surface area contributed by atoms with Crippen LogP contribution < -0.4 is 10.2 Å². The second kappa shape index (κ2) is 9.79. The van der Waals surface area contributed by atoms with Crippen molar-refractivity contribution in [1.82, 2.24) is 9.62 Å². The number of anilines is 1. The van der Waals surface area contributed by atoms with Crippen molar-refractivity contribution >= 4 is 21.6 Å². The van der Waals surface area contributed by atoms with Crippen molar-refractivity contribution < 1.29 is 17.6 Å². The summed E-state index contributed by atoms with van der Waals surface area (Å²) in [7, 11) is -3.75. The Morgan fingerprint density at radius 3 is 2.23 bits per heavy atom. The highest BCUT2D eigenvalue weighted by Crippen LogP contribution is 2.41. The average molecular weight is 494 g/mol. The zero-order chi connectivity index (χ0) is 24.4. The van der Waals surface area contributed by atoms with Gasteiger partial charge in [-0.3, -0.25) is 4.79 Å². The summed E-state index contributed by atoms with van der Waals surface area (Å²) in [6, 6.07) is 22.3. The van der Waals surface area contributed by atoms with Crippen molar-refractivity contribution in [2.24, 2.45) is 5.92 Å². The second-order valence-electron chi connectivity index (χ2n) is 9.09. The summed E-state index contributed by atoms with van der Waals surface area (Å²) in [5.41, 5.74) is 2.26. The molecular formula is C27H28FN3O3S. The van der Waals surface area contributed by atoms with Gasteiger partial charge in [0.2, 0.25) is 10.0 Å². The standard InChI is InChI=1S/C27H28FN3O3S/c28-23-11-13-24(14-12-23)30-15-17-31(18-16-30)35(33,34)25-8-4-7-22(19-25)27(32)29-26(21-9-10-21)20-5-2-1-3-6-20/h1-8,11-14,19,21,26H,9-10,15-18H2,(H,29,32)/t26-/m1/s1. The topological polar surface area (TPSA) is 69.7 Å². The van der Waals surface area contributed by atoms with Crippen LogP contribution in [0.3, 0.4) is 0 Å². The van der Waals surface area contributed by atoms with Gasteiger partial charge in [-0.1, -0.05) is 36.4 Å². The van der Waals surface area contributed by atoms with E-state index in [0.717, 1.165) is 24.1 Å². The van der Waals surface area contributed by atoms with E-state index in [2.05, 4.69) is 5.32 Å². The van der Waals surface area contributed by atoms with Gasteiger partial charge in [0.25, 0.3) is 5.91 Å². The molecule has 0 unspecified atom stereocenters. The van der Waals surface area contributed by atoms with E-state index < -0.39 is 10.0 Å². The molecule has 0 aromatic heterocycles. The number of rotatable bonds is 7. The van der Waals surface area contributed by atoms with Crippen LogP contribution in [-0.4, -0.2) is 44.8 Å². The van der Waals surface area contributed by atoms with Gasteiger partial charge >= 0.3 is 0 Å². The number of nitrogens with one attached hydrogen (secondary N) is 1. The zero-order valence-electron chi connectivity index (χ0n) is 19.3. The van der Waals surface area contributed by atoms with Crippen LogP contribution in [0.2, 0.25) is 0 Å². The Balaban J connectivity index is 1.28. The van der Waals surface area contributed by atoms with E-state index in [1.807, 2.05) is 35.2 Å². The lowest BCUT2D eigenvalue weighted by Crippen LogP contribution is -2.48. The fourth-order valence-electron chi connectivity index (χ4n) is 4.57. The molecule has 2 aliphatic rings. The number of hydrogen-bond donors (Lipinski definition) is 1. The molecule has 182 valence electrons. The first-order valence-electron chi connectivity index (χ1n) is 11.9. The third-order valence-electron chi connectivity index (χ3n) is 6.70. The molecule has 1 atom stereocenters. The molecule has 2 fully saturated rings. The highest BCUT2D eigenvalue weighted by molar-refractivity contribution is 7.89. The van der Waals surface area contributed by atoms with Gasteiger partial charge in [0.15, 0.2) is 0 Å². The molecule has 1 amide bonds. The Morgan fingerprint density at radius 2 is 1.57 bits per heavy atom. The maximum Gasteiger partial charge on any atom is 0.251 e. The summed E-state index contributed by atoms with van der Waals surface area (Å²) in [6.45, 7) is 1.64. The molecule has 0 spiro atoms. The molecule has 3 aromatic rings. The van der Waals surface area contributed by atoms with Crippen molar-refractivity contribution in [3.63, 3.8) is 0 Å². The Labute approximate surface area is 205 Å². The molecular weight excluding hydrogens is 465 g/mol. The van der Waals surface area contributed by atoms with E-state index in [0.29, 0.717) is 37.7 Å². The van der Waals surface area contributed by atoms with Crippen LogP contribution in [0.15, 0.2) is 83.8 Å². The molecule has 1 N–H and O–H groups in total. The number of carbonyl (C=O) groups excluding carboxylic acids is 1. The molecule has 1 saturated heterocycles. The first-order chi connectivity index (χ1) is 16.9. The van der Waals surface area contributed by atoms with Gasteiger partial charge in [0.1, 0.15) is 5.82 Å². The summed E-state index contributed by atoms with van der Waals surface area (Å²) in [5.74, 6) is -0.166. The average Bonchev–Trinajstić information content (AvgIpc) is 3.74. The van der Waals surface area contributed by atoms with Crippen LogP contribution >= 0.6 is 0 Å². The lowest BCUT2D eigenvalue weighted by Gasteiger charge is -2.35. The van der Waals surface area contributed by atoms with Crippen LogP contribution in [0.5, 0.6) is 0 Å². The smallest absolute Gasteiger partial charge is 0.251 e. The minimum absolute atomic E-state index is 0.0801. The van der Waals surface area contributed by atoms with E-state index in [-0.39, 0.29) is 22.7 Å². The molecule has 3 aromatic carbocycles. The Hall–Kier alpha value is -3.23. The fraction of sp³-hybridized carbons (Fsp3) is 0.296. The monoisotopic (exact) mass is 493 g/mol. The van der Waals surface area contributed by atoms with Gasteiger partial charge in [-0.25, -0.2) is 12.8 Å². The van der Waals surface area contributed by atoms with E-state index in [1.54, 1.807) is 24.3 Å². The number of benzene rings is 3. The largest absolute Gasteiger partial charge is 0.369 e. The number of nitrogens with zero attached hydrogens (tertiary/aromatic N) is 2. The molecule has 8 heteroatoms. The lowest BCUT2D eigenvalue weighted by molar-refractivity contribution is 0.0931. The Bertz CT molecular complexity index is 1290. The fourth-order valence-corrected chi connectivity index (χ4v) is 6.04. The molecule has 0 bridgehead atoms. The number of amides is 1. The molecule has 6 nitrogen and oxygen atoms in total. The third-order valence-corrected chi connectivity index (χ3v) is 8.60. The quantitative estimate of drug-likeness (QED) is 0.535. The molecule has 1 aliphatic heterocycles. The summed E-state index contributed by atoms with van der Waals surface area (Å²) in [6.07, 6.45) is 2.14. The molecule has 0 radical (unpaired) electrons. The summed E-state index contributed by atoms with van der Waals surface area (Å²) in [5, 5.41) is 3.12. The molecule has 1 heterocycles. The molecule has 5 rings (SSSR count). The summed E-state index contributed by atoms with van der Waals surface area (Å²) < 4.78 is 41.3. The van der Waals surface area contributed by atoms with Gasteiger partial charge in [0.05, 0.1) is 10.9 Å². The van der Waals surface area contributed by atoms with E-state index in [4.69, 9.17) is 0 Å². The van der Waals surface area contributed by atoms with E-state index in [1.165, 1.54) is 28.6 Å². The third kappa shape index (κ3) is 5.23. The van der Waals surface area contributed by atoms with Crippen molar-refractivity contribution in [1.29, 1.82) is 0 Å². The molecule has 35 heavy (non-hydrogen) atoms. The van der Waals surface area contributed by atoms with Gasteiger partial charge in [0, 0.05) is 37.4 Å². The van der Waals surface area contributed by atoms with Crippen molar-refractivity contribution in [3.05, 3.63) is 95.8 Å². The number of hydrogen-bond acceptors (Lipinski definition) is 4. The van der Waals surface area contributed by atoms with Crippen LogP contribution in [-0.2, 0) is 10.0 Å². The van der Waals surface area contributed by atoms with Crippen LogP contribution in [0.1, 0.15) is 34.8 Å². The Kier molecular flexibility index (Phi) is 6.58. The number of piperazine rings is 1. The predicted octanol–water partition coefficient (Wildman–Crippen LogP) is 4.22. The van der Waals surface area contributed by atoms with Crippen molar-refractivity contribution in [2.75, 3.05) is 31.1 Å². The summed E-state index contributed by atoms with van der Waals surface area (Å²) in [4.78, 5) is 15.2. The highest BCUT2D eigenvalue weighted by atomic mass is 32.2. The Morgan fingerprint density at radius 1 is 0.886 bits per heavy atom. The van der Waals surface area contributed by atoms with E-state index in [9.17, 15) is 17.6 Å². The minimum Gasteiger partial charge on any atom is -0.369 e. The predicted molar refractivity (Wildman–Crippen MR) is 133 cm³/mol. The normalized spacial score (nSPS) is 17.7. The molecule has 1 saturated carbocycles. The molecule has 1 aliphatic carbocycles. The number of halogens is 1. The van der Waals surface area contributed by atoms with Crippen LogP contribution in [0.25, 0.3) is 0 Å². The first-order valence-corrected chi connectivity index (χ1v) is 13.3. The maximum atomic E-state index is 13.3. The number of sulfonamides is 1. The minimum atomic E-state index is -3.75. The zero-order valence-corrected chi connectivity index (χ0v) is 20.1. The highest BCUT2D eigenvalue weighted by Gasteiger charge is 2.34. The van der Waals surface area contributed by atoms with Crippen LogP contribution in [0, 0.1) is 11.7 Å². The number of carbonyl (C=O) groups is 1. The first kappa shape index (κ1) is 23.5. The lowest BCUT2D eigenvalue weighted by atomic mass is 10.0. The van der Waals surface area contributed by atoms with Gasteiger partial charge < -0.3 is 10.2 Å².